The van der Waals surface area contributed by atoms with Crippen LogP contribution in [0.3, 0.4) is 0 Å². The summed E-state index contributed by atoms with van der Waals surface area (Å²) in [5.41, 5.74) is 2.54. The number of nitrogens with zero attached hydrogens (tertiary/aromatic N) is 1. The van der Waals surface area contributed by atoms with Crippen molar-refractivity contribution in [2.24, 2.45) is 0 Å². The highest BCUT2D eigenvalue weighted by atomic mass is 79.9. The molecule has 0 aromatic heterocycles. The van der Waals surface area contributed by atoms with Crippen LogP contribution in [0, 0.1) is 0 Å². The third kappa shape index (κ3) is 4.19. The highest BCUT2D eigenvalue weighted by molar-refractivity contribution is 9.10. The minimum Gasteiger partial charge on any atom is -0.394 e. The molecule has 0 spiro atoms. The number of rotatable bonds is 6. The monoisotopic (exact) mass is 342 g/mol. The van der Waals surface area contributed by atoms with E-state index < -0.39 is 0 Å². The molecular weight excluding hydrogens is 320 g/mol. The van der Waals surface area contributed by atoms with Gasteiger partial charge in [-0.3, -0.25) is 0 Å². The van der Waals surface area contributed by atoms with Crippen LogP contribution in [0.2, 0.25) is 0 Å². The molecule has 1 aliphatic rings. The summed E-state index contributed by atoms with van der Waals surface area (Å²) < 4.78 is 6.75. The second kappa shape index (κ2) is 7.98. The maximum absolute atomic E-state index is 8.79. The summed E-state index contributed by atoms with van der Waals surface area (Å²) in [4.78, 5) is 2.39. The van der Waals surface area contributed by atoms with Crippen molar-refractivity contribution in [2.75, 3.05) is 38.3 Å². The number of hydrogen-bond acceptors (Lipinski definition) is 4. The molecule has 2 N–H and O–H groups in total. The SMILES string of the molecule is CNCc1ccc(N2CCC(OCCO)CC2)c(Br)c1. The van der Waals surface area contributed by atoms with Gasteiger partial charge in [0, 0.05) is 24.1 Å². The summed E-state index contributed by atoms with van der Waals surface area (Å²) in [6.45, 7) is 3.45. The Labute approximate surface area is 129 Å². The Kier molecular flexibility index (Phi) is 6.29. The lowest BCUT2D eigenvalue weighted by molar-refractivity contribution is 0.0159. The Morgan fingerprint density at radius 2 is 2.15 bits per heavy atom. The Balaban J connectivity index is 1.93. The molecule has 0 bridgehead atoms. The molecule has 4 nitrogen and oxygen atoms in total. The van der Waals surface area contributed by atoms with Crippen LogP contribution >= 0.6 is 15.9 Å². The molecule has 1 fully saturated rings. The summed E-state index contributed by atoms with van der Waals surface area (Å²) in [7, 11) is 1.96. The summed E-state index contributed by atoms with van der Waals surface area (Å²) in [6, 6.07) is 6.54. The van der Waals surface area contributed by atoms with Crippen LogP contribution < -0.4 is 10.2 Å². The second-order valence-electron chi connectivity index (χ2n) is 5.10. The fraction of sp³-hybridized carbons (Fsp3) is 0.600. The molecule has 1 aromatic carbocycles. The van der Waals surface area contributed by atoms with Crippen LogP contribution in [0.25, 0.3) is 0 Å². The van der Waals surface area contributed by atoms with E-state index >= 15 is 0 Å². The van der Waals surface area contributed by atoms with Crippen LogP contribution in [0.5, 0.6) is 0 Å². The first-order valence-corrected chi connectivity index (χ1v) is 7.94. The Morgan fingerprint density at radius 3 is 2.75 bits per heavy atom. The number of nitrogens with one attached hydrogen (secondary N) is 1. The van der Waals surface area contributed by atoms with Crippen molar-refractivity contribution in [3.05, 3.63) is 28.2 Å². The van der Waals surface area contributed by atoms with Crippen LogP contribution in [-0.2, 0) is 11.3 Å². The Hall–Kier alpha value is -0.620. The molecule has 0 atom stereocenters. The van der Waals surface area contributed by atoms with E-state index in [2.05, 4.69) is 44.3 Å². The maximum Gasteiger partial charge on any atom is 0.0701 e. The third-order valence-electron chi connectivity index (χ3n) is 3.62. The standard InChI is InChI=1S/C15H23BrN2O2/c1-17-11-12-2-3-15(14(16)10-12)18-6-4-13(5-7-18)20-9-8-19/h2-3,10,13,17,19H,4-9,11H2,1H3. The first-order valence-electron chi connectivity index (χ1n) is 7.15. The van der Waals surface area contributed by atoms with Gasteiger partial charge in [-0.15, -0.1) is 0 Å². The number of aliphatic hydroxyl groups excluding tert-OH is 1. The zero-order chi connectivity index (χ0) is 14.4. The summed E-state index contributed by atoms with van der Waals surface area (Å²) in [5.74, 6) is 0. The van der Waals surface area contributed by atoms with Gasteiger partial charge in [0.1, 0.15) is 0 Å². The van der Waals surface area contributed by atoms with E-state index in [4.69, 9.17) is 9.84 Å². The fourth-order valence-electron chi connectivity index (χ4n) is 2.60. The van der Waals surface area contributed by atoms with E-state index in [0.29, 0.717) is 12.7 Å². The van der Waals surface area contributed by atoms with Gasteiger partial charge in [-0.05, 0) is 53.5 Å². The lowest BCUT2D eigenvalue weighted by atomic mass is 10.1. The topological polar surface area (TPSA) is 44.7 Å². The van der Waals surface area contributed by atoms with Crippen LogP contribution in [0.15, 0.2) is 22.7 Å². The first-order chi connectivity index (χ1) is 9.74. The number of benzene rings is 1. The minimum atomic E-state index is 0.110. The van der Waals surface area contributed by atoms with Gasteiger partial charge in [0.25, 0.3) is 0 Å². The van der Waals surface area contributed by atoms with E-state index in [-0.39, 0.29) is 6.61 Å². The van der Waals surface area contributed by atoms with E-state index in [9.17, 15) is 0 Å². The number of piperidine rings is 1. The average molecular weight is 343 g/mol. The van der Waals surface area contributed by atoms with Crippen molar-refractivity contribution >= 4 is 21.6 Å². The number of anilines is 1. The quantitative estimate of drug-likeness (QED) is 0.831. The van der Waals surface area contributed by atoms with Crippen LogP contribution in [-0.4, -0.2) is 44.6 Å². The van der Waals surface area contributed by atoms with Crippen molar-refractivity contribution in [3.63, 3.8) is 0 Å². The number of halogens is 1. The van der Waals surface area contributed by atoms with Gasteiger partial charge in [0.05, 0.1) is 25.0 Å². The largest absolute Gasteiger partial charge is 0.394 e. The highest BCUT2D eigenvalue weighted by Crippen LogP contribution is 2.30. The van der Waals surface area contributed by atoms with E-state index in [0.717, 1.165) is 36.9 Å². The zero-order valence-corrected chi connectivity index (χ0v) is 13.5. The molecule has 5 heteroatoms. The lowest BCUT2D eigenvalue weighted by Crippen LogP contribution is -2.37. The third-order valence-corrected chi connectivity index (χ3v) is 4.26. The summed E-state index contributed by atoms with van der Waals surface area (Å²) in [6.07, 6.45) is 2.33. The van der Waals surface area contributed by atoms with Gasteiger partial charge in [-0.2, -0.15) is 0 Å². The minimum absolute atomic E-state index is 0.110. The molecule has 0 radical (unpaired) electrons. The van der Waals surface area contributed by atoms with E-state index in [1.165, 1.54) is 11.3 Å². The summed E-state index contributed by atoms with van der Waals surface area (Å²) >= 11 is 3.68. The first kappa shape index (κ1) is 15.8. The molecule has 112 valence electrons. The lowest BCUT2D eigenvalue weighted by Gasteiger charge is -2.34. The van der Waals surface area contributed by atoms with Gasteiger partial charge in [0.15, 0.2) is 0 Å². The Morgan fingerprint density at radius 1 is 1.40 bits per heavy atom. The molecule has 20 heavy (non-hydrogen) atoms. The van der Waals surface area contributed by atoms with Crippen LogP contribution in [0.4, 0.5) is 5.69 Å². The average Bonchev–Trinajstić information content (AvgIpc) is 2.46. The maximum atomic E-state index is 8.79. The molecule has 1 aliphatic heterocycles. The smallest absolute Gasteiger partial charge is 0.0701 e. The molecular formula is C15H23BrN2O2. The van der Waals surface area contributed by atoms with Crippen molar-refractivity contribution in [3.8, 4) is 0 Å². The molecule has 2 rings (SSSR count). The van der Waals surface area contributed by atoms with Crippen molar-refractivity contribution < 1.29 is 9.84 Å². The number of hydrogen-bond donors (Lipinski definition) is 2. The van der Waals surface area contributed by atoms with Gasteiger partial charge in [-0.25, -0.2) is 0 Å². The van der Waals surface area contributed by atoms with Crippen molar-refractivity contribution in [1.82, 2.24) is 5.32 Å². The molecule has 0 saturated carbocycles. The van der Waals surface area contributed by atoms with Gasteiger partial charge >= 0.3 is 0 Å². The van der Waals surface area contributed by atoms with Crippen molar-refractivity contribution in [1.29, 1.82) is 0 Å². The predicted octanol–water partition coefficient (Wildman–Crippen LogP) is 2.15. The summed E-state index contributed by atoms with van der Waals surface area (Å²) in [5, 5.41) is 12.0. The van der Waals surface area contributed by atoms with E-state index in [1.807, 2.05) is 7.05 Å². The van der Waals surface area contributed by atoms with Gasteiger partial charge in [0.2, 0.25) is 0 Å². The van der Waals surface area contributed by atoms with Gasteiger partial charge < -0.3 is 20.1 Å². The van der Waals surface area contributed by atoms with Crippen molar-refractivity contribution in [2.45, 2.75) is 25.5 Å². The molecule has 0 unspecified atom stereocenters. The molecule has 1 heterocycles. The molecule has 0 aliphatic carbocycles. The number of ether oxygens (including phenoxy) is 1. The Bertz CT molecular complexity index is 420. The normalized spacial score (nSPS) is 16.6. The number of aliphatic hydroxyl groups is 1. The van der Waals surface area contributed by atoms with Gasteiger partial charge in [-0.1, -0.05) is 6.07 Å². The molecule has 1 saturated heterocycles. The molecule has 1 aromatic rings. The zero-order valence-electron chi connectivity index (χ0n) is 11.9. The van der Waals surface area contributed by atoms with E-state index in [1.54, 1.807) is 0 Å². The second-order valence-corrected chi connectivity index (χ2v) is 5.95. The molecule has 0 amide bonds. The van der Waals surface area contributed by atoms with Crippen LogP contribution in [0.1, 0.15) is 18.4 Å². The fourth-order valence-corrected chi connectivity index (χ4v) is 3.28. The predicted molar refractivity (Wildman–Crippen MR) is 85.2 cm³/mol. The highest BCUT2D eigenvalue weighted by Gasteiger charge is 2.21.